The van der Waals surface area contributed by atoms with E-state index in [2.05, 4.69) is 75.5 Å². The predicted octanol–water partition coefficient (Wildman–Crippen LogP) is 4.19. The normalized spacial score (nSPS) is 13.9. The van der Waals surface area contributed by atoms with Gasteiger partial charge in [0, 0.05) is 24.1 Å². The summed E-state index contributed by atoms with van der Waals surface area (Å²) in [5, 5.41) is 3.46. The molecule has 0 spiro atoms. The summed E-state index contributed by atoms with van der Waals surface area (Å²) in [6.07, 6.45) is 0. The molecular weight excluding hydrogens is 300 g/mol. The molecule has 2 nitrogen and oxygen atoms in total. The fraction of sp³-hybridized carbons (Fsp3) is 0.250. The van der Waals surface area contributed by atoms with Gasteiger partial charge in [0.05, 0.1) is 11.4 Å². The van der Waals surface area contributed by atoms with Gasteiger partial charge in [-0.2, -0.15) is 0 Å². The van der Waals surface area contributed by atoms with Gasteiger partial charge in [-0.05, 0) is 30.7 Å². The molecule has 1 heterocycles. The molecule has 2 aromatic carbocycles. The zero-order valence-corrected chi connectivity index (χ0v) is 12.6. The van der Waals surface area contributed by atoms with Gasteiger partial charge in [0.1, 0.15) is 0 Å². The Kier molecular flexibility index (Phi) is 3.47. The van der Waals surface area contributed by atoms with Crippen molar-refractivity contribution in [2.45, 2.75) is 13.5 Å². The summed E-state index contributed by atoms with van der Waals surface area (Å²) in [7, 11) is 0. The number of hydrogen-bond donors (Lipinski definition) is 1. The van der Waals surface area contributed by atoms with Crippen molar-refractivity contribution >= 4 is 27.3 Å². The van der Waals surface area contributed by atoms with Crippen LogP contribution in [0.25, 0.3) is 0 Å². The number of anilines is 2. The quantitative estimate of drug-likeness (QED) is 0.893. The van der Waals surface area contributed by atoms with Crippen LogP contribution < -0.4 is 10.2 Å². The van der Waals surface area contributed by atoms with Crippen LogP contribution in [0.1, 0.15) is 11.1 Å². The highest BCUT2D eigenvalue weighted by atomic mass is 79.9. The molecule has 19 heavy (non-hydrogen) atoms. The highest BCUT2D eigenvalue weighted by Crippen LogP contribution is 2.32. The van der Waals surface area contributed by atoms with Gasteiger partial charge in [-0.1, -0.05) is 45.8 Å². The maximum atomic E-state index is 3.53. The van der Waals surface area contributed by atoms with Crippen molar-refractivity contribution in [3.05, 3.63) is 58.1 Å². The van der Waals surface area contributed by atoms with E-state index in [-0.39, 0.29) is 0 Å². The standard InChI is InChI=1S/C16H17BrN2/c1-12-2-4-13(5-3-12)11-19-9-8-18-15-10-14(17)6-7-16(15)19/h2-7,10,18H,8-9,11H2,1H3. The molecule has 0 unspecified atom stereocenters. The van der Waals surface area contributed by atoms with Crippen molar-refractivity contribution in [3.8, 4) is 0 Å². The van der Waals surface area contributed by atoms with Gasteiger partial charge in [0.15, 0.2) is 0 Å². The van der Waals surface area contributed by atoms with Crippen molar-refractivity contribution in [3.63, 3.8) is 0 Å². The second kappa shape index (κ2) is 5.25. The first-order chi connectivity index (χ1) is 9.22. The number of benzene rings is 2. The third kappa shape index (κ3) is 2.76. The minimum Gasteiger partial charge on any atom is -0.382 e. The molecule has 0 saturated carbocycles. The number of hydrogen-bond acceptors (Lipinski definition) is 2. The molecule has 1 N–H and O–H groups in total. The third-order valence-electron chi connectivity index (χ3n) is 3.49. The Bertz CT molecular complexity index is 578. The van der Waals surface area contributed by atoms with Crippen LogP contribution in [0.15, 0.2) is 46.9 Å². The van der Waals surface area contributed by atoms with Gasteiger partial charge < -0.3 is 10.2 Å². The van der Waals surface area contributed by atoms with Gasteiger partial charge in [0.25, 0.3) is 0 Å². The molecular formula is C16H17BrN2. The largest absolute Gasteiger partial charge is 0.382 e. The molecule has 3 rings (SSSR count). The van der Waals surface area contributed by atoms with Crippen molar-refractivity contribution in [2.24, 2.45) is 0 Å². The van der Waals surface area contributed by atoms with Crippen molar-refractivity contribution in [2.75, 3.05) is 23.3 Å². The number of fused-ring (bicyclic) bond motifs is 1. The molecule has 0 aromatic heterocycles. The van der Waals surface area contributed by atoms with Crippen molar-refractivity contribution < 1.29 is 0 Å². The minimum atomic E-state index is 0.969. The first kappa shape index (κ1) is 12.5. The highest BCUT2D eigenvalue weighted by molar-refractivity contribution is 9.10. The van der Waals surface area contributed by atoms with Gasteiger partial charge in [-0.3, -0.25) is 0 Å². The lowest BCUT2D eigenvalue weighted by Gasteiger charge is -2.32. The fourth-order valence-corrected chi connectivity index (χ4v) is 2.81. The molecule has 0 aliphatic carbocycles. The first-order valence-electron chi connectivity index (χ1n) is 6.56. The fourth-order valence-electron chi connectivity index (χ4n) is 2.45. The monoisotopic (exact) mass is 316 g/mol. The number of rotatable bonds is 2. The highest BCUT2D eigenvalue weighted by Gasteiger charge is 2.16. The number of aryl methyl sites for hydroxylation is 1. The van der Waals surface area contributed by atoms with Crippen molar-refractivity contribution in [1.29, 1.82) is 0 Å². The number of halogens is 1. The van der Waals surface area contributed by atoms with Crippen LogP contribution in [0.4, 0.5) is 11.4 Å². The average Bonchev–Trinajstić information content (AvgIpc) is 2.41. The Balaban J connectivity index is 1.85. The Morgan fingerprint density at radius 2 is 1.95 bits per heavy atom. The molecule has 3 heteroatoms. The lowest BCUT2D eigenvalue weighted by molar-refractivity contribution is 0.787. The van der Waals surface area contributed by atoms with Crippen LogP contribution in [0.2, 0.25) is 0 Å². The second-order valence-electron chi connectivity index (χ2n) is 5.00. The second-order valence-corrected chi connectivity index (χ2v) is 5.91. The van der Waals surface area contributed by atoms with Gasteiger partial charge in [-0.15, -0.1) is 0 Å². The summed E-state index contributed by atoms with van der Waals surface area (Å²) in [6.45, 7) is 5.13. The van der Waals surface area contributed by atoms with E-state index in [1.807, 2.05) is 0 Å². The van der Waals surface area contributed by atoms with E-state index >= 15 is 0 Å². The molecule has 98 valence electrons. The number of nitrogens with zero attached hydrogens (tertiary/aromatic N) is 1. The minimum absolute atomic E-state index is 0.969. The SMILES string of the molecule is Cc1ccc(CN2CCNc3cc(Br)ccc32)cc1. The van der Waals surface area contributed by atoms with E-state index in [0.717, 1.165) is 24.1 Å². The van der Waals surface area contributed by atoms with Gasteiger partial charge in [-0.25, -0.2) is 0 Å². The van der Waals surface area contributed by atoms with E-state index in [9.17, 15) is 0 Å². The summed E-state index contributed by atoms with van der Waals surface area (Å²) >= 11 is 3.53. The zero-order chi connectivity index (χ0) is 13.2. The van der Waals surface area contributed by atoms with E-state index in [1.54, 1.807) is 0 Å². The predicted molar refractivity (Wildman–Crippen MR) is 84.9 cm³/mol. The molecule has 0 fully saturated rings. The topological polar surface area (TPSA) is 15.3 Å². The Morgan fingerprint density at radius 3 is 2.74 bits per heavy atom. The maximum absolute atomic E-state index is 3.53. The molecule has 2 aromatic rings. The Labute approximate surface area is 122 Å². The molecule has 0 amide bonds. The van der Waals surface area contributed by atoms with E-state index in [1.165, 1.54) is 22.5 Å². The third-order valence-corrected chi connectivity index (χ3v) is 3.98. The van der Waals surface area contributed by atoms with Crippen LogP contribution in [-0.2, 0) is 6.54 Å². The van der Waals surface area contributed by atoms with E-state index in [0.29, 0.717) is 0 Å². The lowest BCUT2D eigenvalue weighted by atomic mass is 10.1. The molecule has 1 aliphatic heterocycles. The average molecular weight is 317 g/mol. The molecule has 0 radical (unpaired) electrons. The van der Waals surface area contributed by atoms with E-state index < -0.39 is 0 Å². The van der Waals surface area contributed by atoms with E-state index in [4.69, 9.17) is 0 Å². The van der Waals surface area contributed by atoms with Crippen LogP contribution in [0.5, 0.6) is 0 Å². The zero-order valence-electron chi connectivity index (χ0n) is 11.0. The smallest absolute Gasteiger partial charge is 0.0606 e. The first-order valence-corrected chi connectivity index (χ1v) is 7.35. The van der Waals surface area contributed by atoms with Gasteiger partial charge in [0.2, 0.25) is 0 Å². The van der Waals surface area contributed by atoms with Crippen LogP contribution in [0.3, 0.4) is 0 Å². The number of nitrogens with one attached hydrogen (secondary N) is 1. The molecule has 0 atom stereocenters. The summed E-state index contributed by atoms with van der Waals surface area (Å²) in [6, 6.07) is 15.2. The van der Waals surface area contributed by atoms with Crippen molar-refractivity contribution in [1.82, 2.24) is 0 Å². The molecule has 1 aliphatic rings. The van der Waals surface area contributed by atoms with Gasteiger partial charge >= 0.3 is 0 Å². The maximum Gasteiger partial charge on any atom is 0.0606 e. The van der Waals surface area contributed by atoms with Crippen LogP contribution in [0, 0.1) is 6.92 Å². The summed E-state index contributed by atoms with van der Waals surface area (Å²) in [5.41, 5.74) is 5.18. The molecule has 0 bridgehead atoms. The summed E-state index contributed by atoms with van der Waals surface area (Å²) in [4.78, 5) is 2.43. The summed E-state index contributed by atoms with van der Waals surface area (Å²) in [5.74, 6) is 0. The Hall–Kier alpha value is -1.48. The molecule has 0 saturated heterocycles. The Morgan fingerprint density at radius 1 is 1.16 bits per heavy atom. The summed E-state index contributed by atoms with van der Waals surface area (Å²) < 4.78 is 1.12. The lowest BCUT2D eigenvalue weighted by Crippen LogP contribution is -2.33. The van der Waals surface area contributed by atoms with Crippen LogP contribution >= 0.6 is 15.9 Å². The van der Waals surface area contributed by atoms with Crippen LogP contribution in [-0.4, -0.2) is 13.1 Å².